The van der Waals surface area contributed by atoms with Crippen molar-refractivity contribution in [2.24, 2.45) is 35.5 Å². The van der Waals surface area contributed by atoms with Crippen LogP contribution < -0.4 is 5.73 Å². The van der Waals surface area contributed by atoms with Gasteiger partial charge >= 0.3 is 0 Å². The molecule has 1 heterocycles. The first-order valence-corrected chi connectivity index (χ1v) is 20.5. The van der Waals surface area contributed by atoms with E-state index < -0.39 is 0 Å². The summed E-state index contributed by atoms with van der Waals surface area (Å²) in [5, 5.41) is 0. The number of benzene rings is 2. The number of nitrogen functional groups attached to an aromatic ring is 1. The number of carbonyl (C=O) groups is 4. The maximum Gasteiger partial charge on any atom is 0.261 e. The highest BCUT2D eigenvalue weighted by molar-refractivity contribution is 6.24. The van der Waals surface area contributed by atoms with Gasteiger partial charge < -0.3 is 5.73 Å². The Kier molecular flexibility index (Phi) is 12.0. The van der Waals surface area contributed by atoms with Crippen LogP contribution in [0.3, 0.4) is 0 Å². The topological polar surface area (TPSA) is 101 Å². The molecule has 0 saturated heterocycles. The molecule has 2 aromatic rings. The largest absolute Gasteiger partial charge is 0.399 e. The Morgan fingerprint density at radius 2 is 1.53 bits per heavy atom. The average Bonchev–Trinajstić information content (AvgIpc) is 3.53. The van der Waals surface area contributed by atoms with Gasteiger partial charge in [0, 0.05) is 51.9 Å². The molecule has 4 aliphatic rings. The molecule has 2 atom stereocenters. The van der Waals surface area contributed by atoms with Gasteiger partial charge in [-0.05, 0) is 120 Å². The van der Waals surface area contributed by atoms with Crippen LogP contribution in [0, 0.1) is 54.3 Å². The molecule has 0 spiro atoms. The highest BCUT2D eigenvalue weighted by Crippen LogP contribution is 2.49. The molecule has 57 heavy (non-hydrogen) atoms. The SMILES string of the molecule is Cc1ccc2c3c1C(C(=O)N(C=O)C(C(C)C)C(C)C)=CCC=C3CC1C=C2C=CC2=C1/C(=C\C(C)C#Cc1ccc(N)cc1)C(=O)N(C(C(C)C)C(C)C)C2=O. The predicted octanol–water partition coefficient (Wildman–Crippen LogP) is 9.35. The van der Waals surface area contributed by atoms with E-state index in [-0.39, 0.29) is 65.3 Å². The van der Waals surface area contributed by atoms with Gasteiger partial charge in [0.2, 0.25) is 6.41 Å². The fraction of sp³-hybridized carbons (Fsp3) is 0.400. The Morgan fingerprint density at radius 3 is 2.14 bits per heavy atom. The number of hydrogen-bond acceptors (Lipinski definition) is 5. The first-order valence-electron chi connectivity index (χ1n) is 20.5. The fourth-order valence-corrected chi connectivity index (χ4v) is 9.58. The number of amides is 4. The quantitative estimate of drug-likeness (QED) is 0.0903. The standard InChI is InChI=1S/C50H57N3O4/c1-28(2)46(29(3)4)52(27-54)48(55)40-13-11-12-36-26-37-25-35(39-22-15-33(10)43(40)45(36)39)19-23-41-44(37)42(24-32(9)14-16-34-17-20-38(51)21-18-34)50(57)53(49(41)56)47(30(5)6)31(7)8/h12-13,15,17-25,27-32,37,46-47H,11,26,51H2,1-10H3/b42-24+. The van der Waals surface area contributed by atoms with Crippen LogP contribution in [0.2, 0.25) is 0 Å². The molecule has 0 saturated carbocycles. The van der Waals surface area contributed by atoms with E-state index in [0.717, 1.165) is 39.0 Å². The second-order valence-corrected chi connectivity index (χ2v) is 17.4. The molecule has 0 fully saturated rings. The Morgan fingerprint density at radius 1 is 0.860 bits per heavy atom. The maximum atomic E-state index is 14.9. The number of imide groups is 2. The zero-order chi connectivity index (χ0) is 41.5. The lowest BCUT2D eigenvalue weighted by Crippen LogP contribution is -2.53. The van der Waals surface area contributed by atoms with E-state index in [1.54, 1.807) is 0 Å². The van der Waals surface area contributed by atoms with Gasteiger partial charge in [-0.2, -0.15) is 0 Å². The zero-order valence-electron chi connectivity index (χ0n) is 35.1. The van der Waals surface area contributed by atoms with Crippen LogP contribution in [0.25, 0.3) is 16.7 Å². The van der Waals surface area contributed by atoms with Crippen molar-refractivity contribution in [2.75, 3.05) is 5.73 Å². The molecule has 7 heteroatoms. The minimum atomic E-state index is -0.318. The predicted molar refractivity (Wildman–Crippen MR) is 231 cm³/mol. The van der Waals surface area contributed by atoms with Gasteiger partial charge in [0.1, 0.15) is 0 Å². The van der Waals surface area contributed by atoms with Crippen molar-refractivity contribution in [2.45, 2.75) is 94.2 Å². The summed E-state index contributed by atoms with van der Waals surface area (Å²) in [5.41, 5.74) is 15.3. The molecule has 296 valence electrons. The van der Waals surface area contributed by atoms with Crippen LogP contribution in [0.15, 0.2) is 89.6 Å². The number of nitrogens with two attached hydrogens (primary N) is 1. The molecule has 3 aliphatic carbocycles. The Hall–Kier alpha value is -5.48. The summed E-state index contributed by atoms with van der Waals surface area (Å²) < 4.78 is 0. The third-order valence-electron chi connectivity index (χ3n) is 11.8. The van der Waals surface area contributed by atoms with Crippen molar-refractivity contribution in [1.82, 2.24) is 9.80 Å². The van der Waals surface area contributed by atoms with Crippen LogP contribution in [0.4, 0.5) is 5.69 Å². The Balaban J connectivity index is 1.50. The van der Waals surface area contributed by atoms with Crippen LogP contribution in [0.5, 0.6) is 0 Å². The van der Waals surface area contributed by atoms with E-state index in [1.807, 2.05) is 96.2 Å². The van der Waals surface area contributed by atoms with E-state index in [1.165, 1.54) is 9.80 Å². The lowest BCUT2D eigenvalue weighted by atomic mass is 9.78. The number of hydrogen-bond donors (Lipinski definition) is 1. The van der Waals surface area contributed by atoms with E-state index in [9.17, 15) is 19.2 Å². The van der Waals surface area contributed by atoms with E-state index in [4.69, 9.17) is 5.73 Å². The van der Waals surface area contributed by atoms with E-state index in [0.29, 0.717) is 47.2 Å². The first-order chi connectivity index (χ1) is 27.0. The summed E-state index contributed by atoms with van der Waals surface area (Å²) in [7, 11) is 0. The number of allylic oxidation sites excluding steroid dienone is 7. The molecule has 2 unspecified atom stereocenters. The van der Waals surface area contributed by atoms with Gasteiger partial charge in [0.15, 0.2) is 0 Å². The number of carbonyl (C=O) groups excluding carboxylic acids is 4. The normalized spacial score (nSPS) is 18.9. The van der Waals surface area contributed by atoms with Crippen molar-refractivity contribution in [3.8, 4) is 11.8 Å². The van der Waals surface area contributed by atoms with Crippen molar-refractivity contribution >= 4 is 46.5 Å². The third-order valence-corrected chi connectivity index (χ3v) is 11.8. The number of nitrogens with zero attached hydrogens (tertiary/aromatic N) is 2. The molecule has 2 N–H and O–H groups in total. The third kappa shape index (κ3) is 7.80. The van der Waals surface area contributed by atoms with Gasteiger partial charge in [0.25, 0.3) is 17.7 Å². The molecule has 0 radical (unpaired) electrons. The molecule has 2 bridgehead atoms. The van der Waals surface area contributed by atoms with Crippen molar-refractivity contribution in [3.05, 3.63) is 117 Å². The van der Waals surface area contributed by atoms with Crippen molar-refractivity contribution in [1.29, 1.82) is 0 Å². The van der Waals surface area contributed by atoms with Gasteiger partial charge in [-0.1, -0.05) is 110 Å². The highest BCUT2D eigenvalue weighted by atomic mass is 16.2. The second-order valence-electron chi connectivity index (χ2n) is 17.4. The van der Waals surface area contributed by atoms with Crippen LogP contribution in [-0.2, 0) is 19.2 Å². The number of fused-ring (bicyclic) bond motifs is 3. The summed E-state index contributed by atoms with van der Waals surface area (Å²) in [6.45, 7) is 20.4. The average molecular weight is 764 g/mol. The van der Waals surface area contributed by atoms with E-state index in [2.05, 4.69) is 57.8 Å². The number of anilines is 1. The lowest BCUT2D eigenvalue weighted by molar-refractivity contribution is -0.146. The summed E-state index contributed by atoms with van der Waals surface area (Å²) in [6.07, 6.45) is 13.8. The second kappa shape index (κ2) is 16.5. The van der Waals surface area contributed by atoms with E-state index >= 15 is 0 Å². The highest BCUT2D eigenvalue weighted by Gasteiger charge is 2.45. The number of rotatable bonds is 9. The van der Waals surface area contributed by atoms with Crippen molar-refractivity contribution in [3.63, 3.8) is 0 Å². The Labute approximate surface area is 339 Å². The molecule has 0 aromatic heterocycles. The van der Waals surface area contributed by atoms with Crippen LogP contribution in [-0.4, -0.2) is 46.0 Å². The summed E-state index contributed by atoms with van der Waals surface area (Å²) >= 11 is 0. The molecule has 1 aliphatic heterocycles. The van der Waals surface area contributed by atoms with Gasteiger partial charge in [-0.25, -0.2) is 0 Å². The fourth-order valence-electron chi connectivity index (χ4n) is 9.58. The summed E-state index contributed by atoms with van der Waals surface area (Å²) in [6, 6.07) is 11.0. The smallest absolute Gasteiger partial charge is 0.261 e. The monoisotopic (exact) mass is 763 g/mol. The van der Waals surface area contributed by atoms with Crippen molar-refractivity contribution < 1.29 is 19.2 Å². The van der Waals surface area contributed by atoms with Crippen LogP contribution in [0.1, 0.15) is 103 Å². The summed E-state index contributed by atoms with van der Waals surface area (Å²) in [4.78, 5) is 59.8. The zero-order valence-corrected chi connectivity index (χ0v) is 35.1. The maximum absolute atomic E-state index is 14.9. The van der Waals surface area contributed by atoms with Gasteiger partial charge in [-0.3, -0.25) is 29.0 Å². The molecular formula is C50H57N3O4. The molecular weight excluding hydrogens is 707 g/mol. The number of aryl methyl sites for hydroxylation is 1. The van der Waals surface area contributed by atoms with Gasteiger partial charge in [0.05, 0.1) is 0 Å². The molecule has 2 aromatic carbocycles. The van der Waals surface area contributed by atoms with Gasteiger partial charge in [-0.15, -0.1) is 0 Å². The minimum absolute atomic E-state index is 0.0442. The first kappa shape index (κ1) is 41.2. The Bertz CT molecular complexity index is 2230. The molecule has 6 rings (SSSR count). The molecule has 4 amide bonds. The summed E-state index contributed by atoms with van der Waals surface area (Å²) in [5.74, 6) is 5.32. The lowest BCUT2D eigenvalue weighted by Gasteiger charge is -2.40. The molecule has 7 nitrogen and oxygen atoms in total. The van der Waals surface area contributed by atoms with Crippen LogP contribution >= 0.6 is 0 Å². The minimum Gasteiger partial charge on any atom is -0.399 e.